The first kappa shape index (κ1) is 10.5. The highest BCUT2D eigenvalue weighted by Gasteiger charge is 2.25. The fraction of sp³-hybridized carbons (Fsp3) is 0.800. The van der Waals surface area contributed by atoms with E-state index in [1.54, 1.807) is 7.11 Å². The average molecular weight is 183 g/mol. The molecule has 1 rings (SSSR count). The first-order valence-corrected chi connectivity index (χ1v) is 4.60. The Hall–Kier alpha value is -0.560. The lowest BCUT2D eigenvalue weighted by Gasteiger charge is -2.32. The largest absolute Gasteiger partial charge is 0.379 e. The van der Waals surface area contributed by atoms with Crippen molar-refractivity contribution in [1.82, 2.24) is 5.32 Å². The second kappa shape index (κ2) is 5.23. The van der Waals surface area contributed by atoms with E-state index in [1.165, 1.54) is 0 Å². The molecule has 0 amide bonds. The van der Waals surface area contributed by atoms with Gasteiger partial charge < -0.3 is 9.47 Å². The van der Waals surface area contributed by atoms with Crippen LogP contribution in [-0.4, -0.2) is 38.5 Å². The lowest BCUT2D eigenvalue weighted by Crippen LogP contribution is -2.50. The quantitative estimate of drug-likeness (QED) is 0.642. The molecule has 3 unspecified atom stereocenters. The van der Waals surface area contributed by atoms with Crippen molar-refractivity contribution in [2.24, 2.45) is 0 Å². The van der Waals surface area contributed by atoms with Crippen LogP contribution in [-0.2, 0) is 9.47 Å². The van der Waals surface area contributed by atoms with Crippen molar-refractivity contribution >= 4 is 0 Å². The lowest BCUT2D eigenvalue weighted by molar-refractivity contribution is -0.0505. The van der Waals surface area contributed by atoms with Crippen molar-refractivity contribution in [2.45, 2.75) is 31.5 Å². The molecule has 1 aliphatic rings. The maximum atomic E-state index is 5.30. The van der Waals surface area contributed by atoms with Crippen molar-refractivity contribution < 1.29 is 9.47 Å². The molecular formula is C10H17NO2. The van der Waals surface area contributed by atoms with Crippen LogP contribution in [0, 0.1) is 12.3 Å². The normalized spacial score (nSPS) is 30.8. The van der Waals surface area contributed by atoms with Crippen LogP contribution >= 0.6 is 0 Å². The maximum absolute atomic E-state index is 5.30. The molecular weight excluding hydrogens is 166 g/mol. The van der Waals surface area contributed by atoms with Gasteiger partial charge in [-0.1, -0.05) is 5.92 Å². The van der Waals surface area contributed by atoms with E-state index in [0.29, 0.717) is 12.6 Å². The van der Waals surface area contributed by atoms with Crippen LogP contribution in [0.1, 0.15) is 13.3 Å². The summed E-state index contributed by atoms with van der Waals surface area (Å²) in [6, 6.07) is 0.422. The van der Waals surface area contributed by atoms with Gasteiger partial charge in [-0.2, -0.15) is 0 Å². The van der Waals surface area contributed by atoms with Crippen LogP contribution in [0.3, 0.4) is 0 Å². The zero-order valence-electron chi connectivity index (χ0n) is 8.25. The third kappa shape index (κ3) is 3.00. The predicted molar refractivity (Wildman–Crippen MR) is 51.5 cm³/mol. The van der Waals surface area contributed by atoms with Gasteiger partial charge in [-0.25, -0.2) is 0 Å². The summed E-state index contributed by atoms with van der Waals surface area (Å²) in [5.41, 5.74) is 0. The molecule has 13 heavy (non-hydrogen) atoms. The molecule has 1 saturated heterocycles. The Morgan fingerprint density at radius 1 is 1.69 bits per heavy atom. The smallest absolute Gasteiger partial charge is 0.0958 e. The van der Waals surface area contributed by atoms with Gasteiger partial charge in [0.15, 0.2) is 0 Å². The van der Waals surface area contributed by atoms with Gasteiger partial charge in [0.1, 0.15) is 0 Å². The summed E-state index contributed by atoms with van der Waals surface area (Å²) in [4.78, 5) is 0. The number of hydrogen-bond acceptors (Lipinski definition) is 3. The molecule has 1 aliphatic heterocycles. The molecule has 3 atom stereocenters. The second-order valence-corrected chi connectivity index (χ2v) is 3.30. The first-order chi connectivity index (χ1) is 6.27. The Labute approximate surface area is 79.8 Å². The zero-order chi connectivity index (χ0) is 9.68. The van der Waals surface area contributed by atoms with Crippen molar-refractivity contribution in [3.63, 3.8) is 0 Å². The predicted octanol–water partition coefficient (Wildman–Crippen LogP) is 0.402. The van der Waals surface area contributed by atoms with Crippen molar-refractivity contribution in [2.75, 3.05) is 20.3 Å². The minimum Gasteiger partial charge on any atom is -0.379 e. The van der Waals surface area contributed by atoms with Gasteiger partial charge in [-0.15, -0.1) is 6.42 Å². The molecule has 0 bridgehead atoms. The lowest BCUT2D eigenvalue weighted by atomic mass is 10.1. The third-order valence-electron chi connectivity index (χ3n) is 2.32. The molecule has 0 aromatic heterocycles. The summed E-state index contributed by atoms with van der Waals surface area (Å²) in [6.45, 7) is 3.42. The Balaban J connectivity index is 2.41. The van der Waals surface area contributed by atoms with Crippen LogP contribution in [0.15, 0.2) is 0 Å². The average Bonchev–Trinajstić information content (AvgIpc) is 2.18. The number of methoxy groups -OCH3 is 1. The van der Waals surface area contributed by atoms with E-state index in [-0.39, 0.29) is 12.1 Å². The van der Waals surface area contributed by atoms with E-state index in [1.807, 2.05) is 6.92 Å². The van der Waals surface area contributed by atoms with Crippen molar-refractivity contribution in [3.8, 4) is 12.3 Å². The summed E-state index contributed by atoms with van der Waals surface area (Å²) < 4.78 is 10.6. The summed E-state index contributed by atoms with van der Waals surface area (Å²) in [7, 11) is 1.70. The molecule has 74 valence electrons. The summed E-state index contributed by atoms with van der Waals surface area (Å²) in [5.74, 6) is 2.65. The number of hydrogen-bond donors (Lipinski definition) is 1. The third-order valence-corrected chi connectivity index (χ3v) is 2.32. The van der Waals surface area contributed by atoms with Gasteiger partial charge in [0.2, 0.25) is 0 Å². The Bertz CT molecular complexity index is 188. The van der Waals surface area contributed by atoms with Crippen LogP contribution < -0.4 is 5.32 Å². The SMILES string of the molecule is C#CC(C)NC1CCOCC1OC. The van der Waals surface area contributed by atoms with Crippen LogP contribution in [0.25, 0.3) is 0 Å². The molecule has 0 spiro atoms. The second-order valence-electron chi connectivity index (χ2n) is 3.30. The number of nitrogens with one attached hydrogen (secondary N) is 1. The Morgan fingerprint density at radius 3 is 3.08 bits per heavy atom. The van der Waals surface area contributed by atoms with E-state index in [4.69, 9.17) is 15.9 Å². The van der Waals surface area contributed by atoms with Gasteiger partial charge in [-0.3, -0.25) is 5.32 Å². The van der Waals surface area contributed by atoms with Gasteiger partial charge in [0, 0.05) is 19.8 Å². The highest BCUT2D eigenvalue weighted by molar-refractivity contribution is 4.98. The van der Waals surface area contributed by atoms with E-state index in [9.17, 15) is 0 Å². The minimum atomic E-state index is 0.0979. The van der Waals surface area contributed by atoms with Crippen LogP contribution in [0.5, 0.6) is 0 Å². The summed E-state index contributed by atoms with van der Waals surface area (Å²) in [6.07, 6.45) is 6.38. The first-order valence-electron chi connectivity index (χ1n) is 4.60. The molecule has 1 fully saturated rings. The summed E-state index contributed by atoms with van der Waals surface area (Å²) in [5, 5.41) is 3.33. The van der Waals surface area contributed by atoms with E-state index in [2.05, 4.69) is 11.2 Å². The van der Waals surface area contributed by atoms with Crippen molar-refractivity contribution in [3.05, 3.63) is 0 Å². The van der Waals surface area contributed by atoms with Gasteiger partial charge in [0.25, 0.3) is 0 Å². The molecule has 0 saturated carbocycles. The molecule has 0 aromatic carbocycles. The fourth-order valence-electron chi connectivity index (χ4n) is 1.50. The molecule has 0 aliphatic carbocycles. The maximum Gasteiger partial charge on any atom is 0.0958 e. The molecule has 1 heterocycles. The minimum absolute atomic E-state index is 0.0979. The highest BCUT2D eigenvalue weighted by Crippen LogP contribution is 2.10. The number of terminal acetylenes is 1. The van der Waals surface area contributed by atoms with Crippen LogP contribution in [0.2, 0.25) is 0 Å². The van der Waals surface area contributed by atoms with Crippen molar-refractivity contribution in [1.29, 1.82) is 0 Å². The molecule has 1 N–H and O–H groups in total. The van der Waals surface area contributed by atoms with Crippen LogP contribution in [0.4, 0.5) is 0 Å². The summed E-state index contributed by atoms with van der Waals surface area (Å²) >= 11 is 0. The van der Waals surface area contributed by atoms with E-state index < -0.39 is 0 Å². The topological polar surface area (TPSA) is 30.5 Å². The fourth-order valence-corrected chi connectivity index (χ4v) is 1.50. The van der Waals surface area contributed by atoms with E-state index in [0.717, 1.165) is 13.0 Å². The number of rotatable bonds is 3. The van der Waals surface area contributed by atoms with Gasteiger partial charge in [-0.05, 0) is 13.3 Å². The highest BCUT2D eigenvalue weighted by atomic mass is 16.5. The zero-order valence-corrected chi connectivity index (χ0v) is 8.25. The molecule has 3 nitrogen and oxygen atoms in total. The van der Waals surface area contributed by atoms with Gasteiger partial charge in [0.05, 0.1) is 18.8 Å². The van der Waals surface area contributed by atoms with E-state index >= 15 is 0 Å². The Morgan fingerprint density at radius 2 is 2.46 bits per heavy atom. The molecule has 0 aromatic rings. The Kier molecular flexibility index (Phi) is 4.23. The molecule has 3 heteroatoms. The number of ether oxygens (including phenoxy) is 2. The molecule has 0 radical (unpaired) electrons. The standard InChI is InChI=1S/C10H17NO2/c1-4-8(2)11-9-5-6-13-7-10(9)12-3/h1,8-11H,5-7H2,2-3H3. The monoisotopic (exact) mass is 183 g/mol. The van der Waals surface area contributed by atoms with Gasteiger partial charge >= 0.3 is 0 Å².